The van der Waals surface area contributed by atoms with E-state index in [4.69, 9.17) is 14.2 Å². The van der Waals surface area contributed by atoms with Gasteiger partial charge < -0.3 is 19.5 Å². The van der Waals surface area contributed by atoms with E-state index in [1.807, 2.05) is 12.1 Å². The maximum Gasteiger partial charge on any atom is 0.166 e. The lowest BCUT2D eigenvalue weighted by atomic mass is 10.1. The second-order valence-electron chi connectivity index (χ2n) is 6.72. The summed E-state index contributed by atoms with van der Waals surface area (Å²) in [6.45, 7) is 8.13. The van der Waals surface area contributed by atoms with E-state index in [1.54, 1.807) is 7.11 Å². The maximum absolute atomic E-state index is 6.13. The van der Waals surface area contributed by atoms with E-state index in [2.05, 4.69) is 49.5 Å². The lowest BCUT2D eigenvalue weighted by Gasteiger charge is -2.16. The van der Waals surface area contributed by atoms with Gasteiger partial charge in [0.05, 0.1) is 7.11 Å². The molecule has 0 unspecified atom stereocenters. The normalized spacial score (nSPS) is 10.8. The molecular weight excluding hydrogens is 338 g/mol. The zero-order chi connectivity index (χ0) is 19.3. The van der Waals surface area contributed by atoms with Crippen LogP contribution < -0.4 is 14.8 Å². The van der Waals surface area contributed by atoms with Crippen LogP contribution in [0.1, 0.15) is 42.9 Å². The van der Waals surface area contributed by atoms with E-state index in [1.165, 1.54) is 12.0 Å². The molecule has 0 fully saturated rings. The Bertz CT molecular complexity index is 672. The standard InChI is InChI=1S/C23H33NO3/c1-4-5-14-26-15-8-13-24-17-21-11-7-12-22(25-3)23(21)27-18-20-10-6-9-19(2)16-20/h6-7,9-12,16,24H,4-5,8,13-15,17-18H2,1-3H3. The molecule has 0 saturated heterocycles. The first-order valence-corrected chi connectivity index (χ1v) is 9.87. The van der Waals surface area contributed by atoms with Crippen molar-refractivity contribution in [1.29, 1.82) is 0 Å². The molecule has 2 rings (SSSR count). The van der Waals surface area contributed by atoms with Crippen molar-refractivity contribution in [2.75, 3.05) is 26.9 Å². The minimum atomic E-state index is 0.528. The highest BCUT2D eigenvalue weighted by Crippen LogP contribution is 2.31. The van der Waals surface area contributed by atoms with Gasteiger partial charge in [-0.15, -0.1) is 0 Å². The van der Waals surface area contributed by atoms with E-state index in [9.17, 15) is 0 Å². The summed E-state index contributed by atoms with van der Waals surface area (Å²) in [5.41, 5.74) is 3.50. The van der Waals surface area contributed by atoms with Crippen molar-refractivity contribution < 1.29 is 14.2 Å². The topological polar surface area (TPSA) is 39.7 Å². The van der Waals surface area contributed by atoms with Crippen LogP contribution >= 0.6 is 0 Å². The number of benzene rings is 2. The van der Waals surface area contributed by atoms with Gasteiger partial charge in [0.2, 0.25) is 0 Å². The van der Waals surface area contributed by atoms with Crippen molar-refractivity contribution in [2.45, 2.75) is 46.3 Å². The molecule has 0 bridgehead atoms. The molecule has 0 aliphatic rings. The van der Waals surface area contributed by atoms with Crippen molar-refractivity contribution in [1.82, 2.24) is 5.32 Å². The summed E-state index contributed by atoms with van der Waals surface area (Å²) in [5, 5.41) is 3.48. The fraction of sp³-hybridized carbons (Fsp3) is 0.478. The molecular formula is C23H33NO3. The van der Waals surface area contributed by atoms with Crippen molar-refractivity contribution in [3.8, 4) is 11.5 Å². The first-order valence-electron chi connectivity index (χ1n) is 9.87. The van der Waals surface area contributed by atoms with Crippen LogP contribution in [0, 0.1) is 6.92 Å². The van der Waals surface area contributed by atoms with Gasteiger partial charge in [0, 0.05) is 25.3 Å². The molecule has 0 radical (unpaired) electrons. The van der Waals surface area contributed by atoms with E-state index in [0.29, 0.717) is 6.61 Å². The van der Waals surface area contributed by atoms with Gasteiger partial charge in [-0.25, -0.2) is 0 Å². The van der Waals surface area contributed by atoms with Crippen LogP contribution in [0.15, 0.2) is 42.5 Å². The average molecular weight is 372 g/mol. The quantitative estimate of drug-likeness (QED) is 0.510. The van der Waals surface area contributed by atoms with E-state index in [0.717, 1.165) is 61.8 Å². The molecule has 0 aromatic heterocycles. The van der Waals surface area contributed by atoms with E-state index in [-0.39, 0.29) is 0 Å². The maximum atomic E-state index is 6.13. The summed E-state index contributed by atoms with van der Waals surface area (Å²) >= 11 is 0. The molecule has 4 nitrogen and oxygen atoms in total. The van der Waals surface area contributed by atoms with Gasteiger partial charge in [-0.3, -0.25) is 0 Å². The average Bonchev–Trinajstić information content (AvgIpc) is 2.68. The van der Waals surface area contributed by atoms with Gasteiger partial charge >= 0.3 is 0 Å². The van der Waals surface area contributed by atoms with Gasteiger partial charge in [0.1, 0.15) is 6.61 Å². The van der Waals surface area contributed by atoms with Gasteiger partial charge in [0.15, 0.2) is 11.5 Å². The third-order valence-electron chi connectivity index (χ3n) is 4.35. The van der Waals surface area contributed by atoms with Crippen molar-refractivity contribution in [3.05, 3.63) is 59.2 Å². The lowest BCUT2D eigenvalue weighted by molar-refractivity contribution is 0.128. The van der Waals surface area contributed by atoms with Crippen LogP contribution in [0.2, 0.25) is 0 Å². The highest BCUT2D eigenvalue weighted by molar-refractivity contribution is 5.46. The third kappa shape index (κ3) is 7.61. The Morgan fingerprint density at radius 2 is 1.81 bits per heavy atom. The molecule has 1 N–H and O–H groups in total. The fourth-order valence-electron chi connectivity index (χ4n) is 2.85. The summed E-state index contributed by atoms with van der Waals surface area (Å²) in [5.74, 6) is 1.58. The minimum Gasteiger partial charge on any atom is -0.493 e. The van der Waals surface area contributed by atoms with E-state index >= 15 is 0 Å². The number of nitrogens with one attached hydrogen (secondary N) is 1. The Kier molecular flexibility index (Phi) is 9.74. The highest BCUT2D eigenvalue weighted by atomic mass is 16.5. The fourth-order valence-corrected chi connectivity index (χ4v) is 2.85. The number of unbranched alkanes of at least 4 members (excludes halogenated alkanes) is 1. The van der Waals surface area contributed by atoms with Crippen LogP contribution in [0.25, 0.3) is 0 Å². The Balaban J connectivity index is 1.86. The second-order valence-corrected chi connectivity index (χ2v) is 6.72. The number of ether oxygens (including phenoxy) is 3. The van der Waals surface area contributed by atoms with Gasteiger partial charge in [-0.1, -0.05) is 55.3 Å². The van der Waals surface area contributed by atoms with Crippen LogP contribution in [0.4, 0.5) is 0 Å². The number of hydrogen-bond donors (Lipinski definition) is 1. The first-order chi connectivity index (χ1) is 13.2. The second kappa shape index (κ2) is 12.4. The third-order valence-corrected chi connectivity index (χ3v) is 4.35. The number of hydrogen-bond acceptors (Lipinski definition) is 4. The number of methoxy groups -OCH3 is 1. The SMILES string of the molecule is CCCCOCCCNCc1cccc(OC)c1OCc1cccc(C)c1. The zero-order valence-corrected chi connectivity index (χ0v) is 16.9. The monoisotopic (exact) mass is 371 g/mol. The Morgan fingerprint density at radius 3 is 2.59 bits per heavy atom. The zero-order valence-electron chi connectivity index (χ0n) is 16.9. The van der Waals surface area contributed by atoms with Gasteiger partial charge in [-0.05, 0) is 37.9 Å². The smallest absolute Gasteiger partial charge is 0.166 e. The molecule has 148 valence electrons. The Labute approximate surface area is 163 Å². The number of para-hydroxylation sites is 1. The molecule has 2 aromatic rings. The summed E-state index contributed by atoms with van der Waals surface area (Å²) in [6.07, 6.45) is 3.32. The van der Waals surface area contributed by atoms with Crippen molar-refractivity contribution in [3.63, 3.8) is 0 Å². The molecule has 0 spiro atoms. The summed E-state index contributed by atoms with van der Waals surface area (Å²) in [6, 6.07) is 14.4. The predicted molar refractivity (Wildman–Crippen MR) is 111 cm³/mol. The van der Waals surface area contributed by atoms with Gasteiger partial charge in [-0.2, -0.15) is 0 Å². The molecule has 4 heteroatoms. The van der Waals surface area contributed by atoms with Crippen molar-refractivity contribution >= 4 is 0 Å². The molecule has 0 atom stereocenters. The first kappa shape index (κ1) is 21.3. The molecule has 0 saturated carbocycles. The Morgan fingerprint density at radius 1 is 1.00 bits per heavy atom. The van der Waals surface area contributed by atoms with Gasteiger partial charge in [0.25, 0.3) is 0 Å². The van der Waals surface area contributed by atoms with Crippen LogP contribution in [-0.2, 0) is 17.9 Å². The van der Waals surface area contributed by atoms with Crippen LogP contribution in [0.5, 0.6) is 11.5 Å². The van der Waals surface area contributed by atoms with Crippen LogP contribution in [0.3, 0.4) is 0 Å². The van der Waals surface area contributed by atoms with E-state index < -0.39 is 0 Å². The van der Waals surface area contributed by atoms with Crippen molar-refractivity contribution in [2.24, 2.45) is 0 Å². The highest BCUT2D eigenvalue weighted by Gasteiger charge is 2.11. The molecule has 0 amide bonds. The number of aryl methyl sites for hydroxylation is 1. The largest absolute Gasteiger partial charge is 0.493 e. The Hall–Kier alpha value is -2.04. The molecule has 0 heterocycles. The lowest BCUT2D eigenvalue weighted by Crippen LogP contribution is -2.17. The molecule has 0 aliphatic heterocycles. The molecule has 27 heavy (non-hydrogen) atoms. The predicted octanol–water partition coefficient (Wildman–Crippen LogP) is 4.88. The minimum absolute atomic E-state index is 0.528. The molecule has 2 aromatic carbocycles. The molecule has 0 aliphatic carbocycles. The summed E-state index contributed by atoms with van der Waals surface area (Å²) < 4.78 is 17.2. The number of rotatable bonds is 13. The van der Waals surface area contributed by atoms with Crippen LogP contribution in [-0.4, -0.2) is 26.9 Å². The summed E-state index contributed by atoms with van der Waals surface area (Å²) in [7, 11) is 1.68. The summed E-state index contributed by atoms with van der Waals surface area (Å²) in [4.78, 5) is 0.